The Labute approximate surface area is 234 Å². The average Bonchev–Trinajstić information content (AvgIpc) is 2.87. The van der Waals surface area contributed by atoms with E-state index >= 15 is 0 Å². The largest absolute Gasteiger partial charge is 0.481 e. The van der Waals surface area contributed by atoms with Crippen molar-refractivity contribution in [3.63, 3.8) is 0 Å². The topological polar surface area (TPSA) is 49.3 Å². The molecule has 0 bridgehead atoms. The van der Waals surface area contributed by atoms with Crippen molar-refractivity contribution in [3.8, 4) is 0 Å². The van der Waals surface area contributed by atoms with Gasteiger partial charge in [0.05, 0.1) is 0 Å². The molecule has 0 radical (unpaired) electrons. The second-order valence-corrected chi connectivity index (χ2v) is 11.8. The van der Waals surface area contributed by atoms with Crippen molar-refractivity contribution in [1.29, 1.82) is 0 Å². The van der Waals surface area contributed by atoms with E-state index in [-0.39, 0.29) is 0 Å². The van der Waals surface area contributed by atoms with Crippen LogP contribution in [-0.2, 0) is 4.79 Å². The second kappa shape index (κ2) is 33.5. The maximum absolute atomic E-state index is 10.0. The third-order valence-electron chi connectivity index (χ3n) is 7.54. The lowest BCUT2D eigenvalue weighted by Crippen LogP contribution is -2.34. The second-order valence-electron chi connectivity index (χ2n) is 11.8. The summed E-state index contributed by atoms with van der Waals surface area (Å²) in [6, 6.07) is 1.39. The van der Waals surface area contributed by atoms with Gasteiger partial charge < -0.3 is 10.4 Å². The molecule has 0 rings (SSSR count). The molecule has 3 nitrogen and oxygen atoms in total. The lowest BCUT2D eigenvalue weighted by atomic mass is 10.0. The van der Waals surface area contributed by atoms with Crippen LogP contribution in [0.5, 0.6) is 0 Å². The SMILES string of the molecule is CCCCCCCC(=O)O.CCCCCCCCCCCC(C)NC(C)CCCCCCCCCCC. The molecule has 0 heterocycles. The molecule has 2 N–H and O–H groups in total. The number of unbranched alkanes of at least 4 members (excludes halogenated alkanes) is 20. The van der Waals surface area contributed by atoms with Crippen molar-refractivity contribution >= 4 is 5.97 Å². The summed E-state index contributed by atoms with van der Waals surface area (Å²) in [5.74, 6) is -0.670. The molecule has 0 spiro atoms. The minimum absolute atomic E-state index is 0.337. The maximum atomic E-state index is 10.0. The highest BCUT2D eigenvalue weighted by Gasteiger charge is 2.07. The minimum atomic E-state index is -0.670. The fourth-order valence-corrected chi connectivity index (χ4v) is 5.05. The van der Waals surface area contributed by atoms with Crippen LogP contribution in [0.4, 0.5) is 0 Å². The molecule has 0 saturated heterocycles. The van der Waals surface area contributed by atoms with Crippen molar-refractivity contribution in [3.05, 3.63) is 0 Å². The van der Waals surface area contributed by atoms with Crippen molar-refractivity contribution in [2.24, 2.45) is 0 Å². The standard InChI is InChI=1S/C26H55N.C8H16O2/c1-5-7-9-11-13-15-17-19-21-23-25(3)27-26(4)24-22-20-18-16-14-12-10-8-6-2;1-2-3-4-5-6-7-8(9)10/h25-27H,5-24H2,1-4H3;2-7H2,1H3,(H,9,10). The highest BCUT2D eigenvalue weighted by Crippen LogP contribution is 2.14. The lowest BCUT2D eigenvalue weighted by Gasteiger charge is -2.20. The normalized spacial score (nSPS) is 12.7. The molecule has 0 aliphatic rings. The van der Waals surface area contributed by atoms with Gasteiger partial charge in [0.2, 0.25) is 0 Å². The summed E-state index contributed by atoms with van der Waals surface area (Å²) in [4.78, 5) is 10.0. The van der Waals surface area contributed by atoms with Gasteiger partial charge in [-0.05, 0) is 33.1 Å². The monoisotopic (exact) mass is 526 g/mol. The zero-order chi connectivity index (χ0) is 27.8. The third-order valence-corrected chi connectivity index (χ3v) is 7.54. The van der Waals surface area contributed by atoms with E-state index in [0.29, 0.717) is 18.5 Å². The van der Waals surface area contributed by atoms with Gasteiger partial charge in [-0.25, -0.2) is 0 Å². The Balaban J connectivity index is 0. The van der Waals surface area contributed by atoms with E-state index in [9.17, 15) is 4.79 Å². The predicted molar refractivity (Wildman–Crippen MR) is 167 cm³/mol. The van der Waals surface area contributed by atoms with Crippen LogP contribution < -0.4 is 5.32 Å². The molecule has 0 aliphatic heterocycles. The number of carbonyl (C=O) groups is 1. The van der Waals surface area contributed by atoms with Gasteiger partial charge in [0.25, 0.3) is 0 Å². The Morgan fingerprint density at radius 2 is 0.757 bits per heavy atom. The minimum Gasteiger partial charge on any atom is -0.481 e. The first-order valence-electron chi connectivity index (χ1n) is 17.0. The van der Waals surface area contributed by atoms with Gasteiger partial charge in [0, 0.05) is 18.5 Å². The molecule has 0 aromatic heterocycles. The molecule has 0 saturated carbocycles. The van der Waals surface area contributed by atoms with Crippen LogP contribution in [0.15, 0.2) is 0 Å². The van der Waals surface area contributed by atoms with Gasteiger partial charge in [-0.3, -0.25) is 4.79 Å². The molecule has 0 aromatic carbocycles. The molecule has 224 valence electrons. The summed E-state index contributed by atoms with van der Waals surface area (Å²) < 4.78 is 0. The maximum Gasteiger partial charge on any atom is 0.303 e. The zero-order valence-electron chi connectivity index (χ0n) is 26.4. The van der Waals surface area contributed by atoms with Crippen molar-refractivity contribution in [2.45, 2.75) is 214 Å². The number of nitrogens with one attached hydrogen (secondary N) is 1. The van der Waals surface area contributed by atoms with Gasteiger partial charge in [-0.2, -0.15) is 0 Å². The highest BCUT2D eigenvalue weighted by molar-refractivity contribution is 5.66. The van der Waals surface area contributed by atoms with Gasteiger partial charge in [0.1, 0.15) is 0 Å². The zero-order valence-corrected chi connectivity index (χ0v) is 26.4. The Morgan fingerprint density at radius 3 is 1.05 bits per heavy atom. The lowest BCUT2D eigenvalue weighted by molar-refractivity contribution is -0.137. The first-order chi connectivity index (χ1) is 18.0. The van der Waals surface area contributed by atoms with Crippen LogP contribution in [-0.4, -0.2) is 23.2 Å². The average molecular weight is 526 g/mol. The Morgan fingerprint density at radius 1 is 0.486 bits per heavy atom. The van der Waals surface area contributed by atoms with E-state index in [4.69, 9.17) is 5.11 Å². The van der Waals surface area contributed by atoms with Gasteiger partial charge >= 0.3 is 5.97 Å². The molecule has 37 heavy (non-hydrogen) atoms. The van der Waals surface area contributed by atoms with E-state index in [1.54, 1.807) is 0 Å². The molecule has 2 atom stereocenters. The number of hydrogen-bond acceptors (Lipinski definition) is 2. The number of rotatable bonds is 28. The number of carboxylic acid groups (broad SMARTS) is 1. The smallest absolute Gasteiger partial charge is 0.303 e. The van der Waals surface area contributed by atoms with Crippen molar-refractivity contribution in [2.75, 3.05) is 0 Å². The number of hydrogen-bond donors (Lipinski definition) is 2. The highest BCUT2D eigenvalue weighted by atomic mass is 16.4. The first kappa shape index (κ1) is 38.6. The summed E-state index contributed by atoms with van der Waals surface area (Å²) in [5, 5.41) is 12.1. The van der Waals surface area contributed by atoms with Crippen LogP contribution in [0.1, 0.15) is 202 Å². The van der Waals surface area contributed by atoms with Crippen LogP contribution >= 0.6 is 0 Å². The third kappa shape index (κ3) is 37.6. The van der Waals surface area contributed by atoms with Crippen molar-refractivity contribution < 1.29 is 9.90 Å². The van der Waals surface area contributed by atoms with Gasteiger partial charge in [0.15, 0.2) is 0 Å². The van der Waals surface area contributed by atoms with E-state index in [1.807, 2.05) is 0 Å². The van der Waals surface area contributed by atoms with Crippen LogP contribution in [0.25, 0.3) is 0 Å². The van der Waals surface area contributed by atoms with E-state index in [1.165, 1.54) is 148 Å². The summed E-state index contributed by atoms with van der Waals surface area (Å²) in [6.07, 6.45) is 34.5. The molecular weight excluding hydrogens is 454 g/mol. The predicted octanol–water partition coefficient (Wildman–Crippen LogP) is 11.6. The number of aliphatic carboxylic acids is 1. The molecule has 0 fully saturated rings. The molecule has 0 aliphatic carbocycles. The number of carboxylic acids is 1. The molecule has 3 heteroatoms. The van der Waals surface area contributed by atoms with Crippen molar-refractivity contribution in [1.82, 2.24) is 5.32 Å². The summed E-state index contributed by atoms with van der Waals surface area (Å²) in [6.45, 7) is 11.5. The summed E-state index contributed by atoms with van der Waals surface area (Å²) in [7, 11) is 0. The Hall–Kier alpha value is -0.570. The molecule has 2 unspecified atom stereocenters. The quantitative estimate of drug-likeness (QED) is 0.0998. The Kier molecular flexibility index (Phi) is 34.9. The van der Waals surface area contributed by atoms with Crippen LogP contribution in [0, 0.1) is 0 Å². The van der Waals surface area contributed by atoms with Gasteiger partial charge in [-0.1, -0.05) is 162 Å². The Bertz CT molecular complexity index is 400. The summed E-state index contributed by atoms with van der Waals surface area (Å²) in [5.41, 5.74) is 0. The molecular formula is C34H71NO2. The molecule has 0 aromatic rings. The van der Waals surface area contributed by atoms with E-state index in [0.717, 1.165) is 12.8 Å². The summed E-state index contributed by atoms with van der Waals surface area (Å²) >= 11 is 0. The van der Waals surface area contributed by atoms with E-state index < -0.39 is 5.97 Å². The van der Waals surface area contributed by atoms with Gasteiger partial charge in [-0.15, -0.1) is 0 Å². The van der Waals surface area contributed by atoms with Crippen LogP contribution in [0.2, 0.25) is 0 Å². The fourth-order valence-electron chi connectivity index (χ4n) is 5.05. The first-order valence-corrected chi connectivity index (χ1v) is 17.0. The fraction of sp³-hybridized carbons (Fsp3) is 0.971. The van der Waals surface area contributed by atoms with Crippen LogP contribution in [0.3, 0.4) is 0 Å². The van der Waals surface area contributed by atoms with E-state index in [2.05, 4.69) is 39.9 Å². The molecule has 0 amide bonds.